The molecular formula is C19H26ClIN4O2S. The van der Waals surface area contributed by atoms with Crippen LogP contribution in [-0.2, 0) is 16.3 Å². The van der Waals surface area contributed by atoms with E-state index in [0.29, 0.717) is 35.5 Å². The van der Waals surface area contributed by atoms with Crippen molar-refractivity contribution in [1.29, 1.82) is 0 Å². The molecule has 6 nitrogen and oxygen atoms in total. The maximum absolute atomic E-state index is 12.3. The van der Waals surface area contributed by atoms with Crippen LogP contribution in [0.5, 0.6) is 0 Å². The van der Waals surface area contributed by atoms with Crippen LogP contribution in [-0.4, -0.2) is 44.7 Å². The number of benzene rings is 1. The highest BCUT2D eigenvalue weighted by Gasteiger charge is 2.12. The molecule has 9 heteroatoms. The summed E-state index contributed by atoms with van der Waals surface area (Å²) in [4.78, 5) is 8.86. The minimum absolute atomic E-state index is 0. The monoisotopic (exact) mass is 536 g/mol. The van der Waals surface area contributed by atoms with Crippen LogP contribution in [0.4, 0.5) is 0 Å². The van der Waals surface area contributed by atoms with Crippen molar-refractivity contribution in [1.82, 2.24) is 15.6 Å². The van der Waals surface area contributed by atoms with Gasteiger partial charge in [-0.1, -0.05) is 35.9 Å². The fourth-order valence-electron chi connectivity index (χ4n) is 2.41. The summed E-state index contributed by atoms with van der Waals surface area (Å²) in [6, 6.07) is 12.2. The maximum Gasteiger partial charge on any atom is 0.191 e. The van der Waals surface area contributed by atoms with Crippen molar-refractivity contribution < 1.29 is 8.42 Å². The first kappa shape index (κ1) is 24.6. The van der Waals surface area contributed by atoms with Crippen molar-refractivity contribution in [2.24, 2.45) is 4.99 Å². The molecule has 2 aromatic rings. The van der Waals surface area contributed by atoms with E-state index in [1.54, 1.807) is 42.6 Å². The van der Waals surface area contributed by atoms with E-state index in [9.17, 15) is 8.42 Å². The summed E-state index contributed by atoms with van der Waals surface area (Å²) in [5.74, 6) is 0.757. The SMILES string of the molecule is CCNC(=NCCCS(=O)(=O)c1ccccc1)NCCc1ccc(Cl)nc1.I. The summed E-state index contributed by atoms with van der Waals surface area (Å²) in [7, 11) is -3.25. The Labute approximate surface area is 189 Å². The number of halogens is 2. The van der Waals surface area contributed by atoms with Gasteiger partial charge in [0.05, 0.1) is 10.6 Å². The van der Waals surface area contributed by atoms with Crippen molar-refractivity contribution in [3.8, 4) is 0 Å². The lowest BCUT2D eigenvalue weighted by Crippen LogP contribution is -2.38. The fraction of sp³-hybridized carbons (Fsp3) is 0.368. The van der Waals surface area contributed by atoms with Crippen molar-refractivity contribution in [3.05, 3.63) is 59.4 Å². The predicted octanol–water partition coefficient (Wildman–Crippen LogP) is 3.31. The van der Waals surface area contributed by atoms with Gasteiger partial charge in [0, 0.05) is 25.8 Å². The molecule has 28 heavy (non-hydrogen) atoms. The quantitative estimate of drug-likeness (QED) is 0.169. The highest BCUT2D eigenvalue weighted by atomic mass is 127. The predicted molar refractivity (Wildman–Crippen MR) is 125 cm³/mol. The van der Waals surface area contributed by atoms with E-state index in [-0.39, 0.29) is 29.7 Å². The zero-order valence-electron chi connectivity index (χ0n) is 15.8. The Kier molecular flexibility index (Phi) is 11.4. The Morgan fingerprint density at radius 3 is 2.54 bits per heavy atom. The molecule has 1 aromatic heterocycles. The number of rotatable bonds is 9. The van der Waals surface area contributed by atoms with Gasteiger partial charge in [0.15, 0.2) is 15.8 Å². The van der Waals surface area contributed by atoms with Gasteiger partial charge in [0.1, 0.15) is 5.15 Å². The third-order valence-electron chi connectivity index (χ3n) is 3.78. The summed E-state index contributed by atoms with van der Waals surface area (Å²) in [5, 5.41) is 6.88. The zero-order chi connectivity index (χ0) is 19.5. The molecule has 2 N–H and O–H groups in total. The number of aromatic nitrogens is 1. The fourth-order valence-corrected chi connectivity index (χ4v) is 3.84. The minimum atomic E-state index is -3.25. The van der Waals surface area contributed by atoms with Crippen LogP contribution in [0, 0.1) is 0 Å². The van der Waals surface area contributed by atoms with Gasteiger partial charge in [-0.25, -0.2) is 13.4 Å². The van der Waals surface area contributed by atoms with E-state index >= 15 is 0 Å². The lowest BCUT2D eigenvalue weighted by atomic mass is 10.2. The third kappa shape index (κ3) is 8.74. The first-order valence-electron chi connectivity index (χ1n) is 8.91. The van der Waals surface area contributed by atoms with Crippen LogP contribution in [0.3, 0.4) is 0 Å². The molecule has 0 atom stereocenters. The molecule has 0 bridgehead atoms. The molecule has 0 amide bonds. The molecule has 0 fully saturated rings. The highest BCUT2D eigenvalue weighted by molar-refractivity contribution is 14.0. The van der Waals surface area contributed by atoms with Gasteiger partial charge in [-0.2, -0.15) is 0 Å². The molecule has 2 rings (SSSR count). The highest BCUT2D eigenvalue weighted by Crippen LogP contribution is 2.11. The first-order valence-corrected chi connectivity index (χ1v) is 10.9. The number of hydrogen-bond acceptors (Lipinski definition) is 4. The van der Waals surface area contributed by atoms with Crippen LogP contribution in [0.25, 0.3) is 0 Å². The zero-order valence-corrected chi connectivity index (χ0v) is 19.7. The molecular weight excluding hydrogens is 511 g/mol. The summed E-state index contributed by atoms with van der Waals surface area (Å²) in [5.41, 5.74) is 1.08. The summed E-state index contributed by atoms with van der Waals surface area (Å²) in [6.07, 6.45) is 3.01. The van der Waals surface area contributed by atoms with E-state index in [0.717, 1.165) is 18.5 Å². The standard InChI is InChI=1S/C19H25ClN4O2S.HI/c1-2-21-19(23-13-11-16-9-10-18(20)24-15-16)22-12-6-14-27(25,26)17-7-4-3-5-8-17;/h3-5,7-10,15H,2,6,11-14H2,1H3,(H2,21,22,23);1H. The molecule has 0 aliphatic carbocycles. The first-order chi connectivity index (χ1) is 13.0. The van der Waals surface area contributed by atoms with Gasteiger partial charge >= 0.3 is 0 Å². The second-order valence-corrected chi connectivity index (χ2v) is 8.41. The number of sulfone groups is 1. The maximum atomic E-state index is 12.3. The van der Waals surface area contributed by atoms with Gasteiger partial charge in [-0.3, -0.25) is 4.99 Å². The topological polar surface area (TPSA) is 83.5 Å². The van der Waals surface area contributed by atoms with Gasteiger partial charge in [-0.15, -0.1) is 24.0 Å². The lowest BCUT2D eigenvalue weighted by Gasteiger charge is -2.11. The van der Waals surface area contributed by atoms with Crippen LogP contribution >= 0.6 is 35.6 Å². The average Bonchev–Trinajstić information content (AvgIpc) is 2.67. The summed E-state index contributed by atoms with van der Waals surface area (Å²) < 4.78 is 24.5. The molecule has 0 unspecified atom stereocenters. The van der Waals surface area contributed by atoms with Gasteiger partial charge < -0.3 is 10.6 Å². The Hall–Kier alpha value is -1.39. The molecule has 0 spiro atoms. The van der Waals surface area contributed by atoms with Gasteiger partial charge in [-0.05, 0) is 43.5 Å². The van der Waals surface area contributed by atoms with E-state index < -0.39 is 9.84 Å². The second kappa shape index (κ2) is 12.9. The Morgan fingerprint density at radius 1 is 1.14 bits per heavy atom. The van der Waals surface area contributed by atoms with Gasteiger partial charge in [0.25, 0.3) is 0 Å². The second-order valence-electron chi connectivity index (χ2n) is 5.91. The molecule has 0 saturated carbocycles. The lowest BCUT2D eigenvalue weighted by molar-refractivity contribution is 0.593. The molecule has 0 aliphatic heterocycles. The number of hydrogen-bond donors (Lipinski definition) is 2. The summed E-state index contributed by atoms with van der Waals surface area (Å²) in [6.45, 7) is 3.85. The average molecular weight is 537 g/mol. The Balaban J connectivity index is 0.00000392. The normalized spacial score (nSPS) is 11.6. The van der Waals surface area contributed by atoms with E-state index in [2.05, 4.69) is 20.6 Å². The van der Waals surface area contributed by atoms with E-state index in [4.69, 9.17) is 11.6 Å². The van der Waals surface area contributed by atoms with E-state index in [1.807, 2.05) is 13.0 Å². The molecule has 0 radical (unpaired) electrons. The Bertz CT molecular complexity index is 831. The van der Waals surface area contributed by atoms with Crippen LogP contribution in [0.15, 0.2) is 58.5 Å². The largest absolute Gasteiger partial charge is 0.357 e. The smallest absolute Gasteiger partial charge is 0.191 e. The van der Waals surface area contributed by atoms with Gasteiger partial charge in [0.2, 0.25) is 0 Å². The van der Waals surface area contributed by atoms with Crippen molar-refractivity contribution in [3.63, 3.8) is 0 Å². The molecule has 154 valence electrons. The van der Waals surface area contributed by atoms with Crippen LogP contribution in [0.1, 0.15) is 18.9 Å². The van der Waals surface area contributed by atoms with Crippen LogP contribution in [0.2, 0.25) is 5.15 Å². The molecule has 1 heterocycles. The van der Waals surface area contributed by atoms with Crippen molar-refractivity contribution >= 4 is 51.4 Å². The third-order valence-corrected chi connectivity index (χ3v) is 5.82. The molecule has 0 aliphatic rings. The number of aliphatic imine (C=N–C) groups is 1. The van der Waals surface area contributed by atoms with Crippen LogP contribution < -0.4 is 10.6 Å². The number of pyridine rings is 1. The summed E-state index contributed by atoms with van der Waals surface area (Å²) >= 11 is 5.78. The Morgan fingerprint density at radius 2 is 1.89 bits per heavy atom. The van der Waals surface area contributed by atoms with E-state index in [1.165, 1.54) is 0 Å². The number of nitrogens with zero attached hydrogens (tertiary/aromatic N) is 2. The number of guanidine groups is 1. The number of nitrogens with one attached hydrogen (secondary N) is 2. The van der Waals surface area contributed by atoms with Crippen molar-refractivity contribution in [2.75, 3.05) is 25.4 Å². The molecule has 1 aromatic carbocycles. The minimum Gasteiger partial charge on any atom is -0.357 e. The van der Waals surface area contributed by atoms with Crippen molar-refractivity contribution in [2.45, 2.75) is 24.7 Å². The molecule has 0 saturated heterocycles.